The number of hydrogen-bond donors (Lipinski definition) is 2. The summed E-state index contributed by atoms with van der Waals surface area (Å²) in [5.74, 6) is -0.385. The average molecular weight is 246 g/mol. The Balaban J connectivity index is 2.43. The van der Waals surface area contributed by atoms with Gasteiger partial charge in [0.1, 0.15) is 6.29 Å². The van der Waals surface area contributed by atoms with Crippen molar-refractivity contribution in [1.82, 2.24) is 4.98 Å². The molecular formula is C13H14N2O3. The molecule has 1 aromatic heterocycles. The second-order valence-corrected chi connectivity index (χ2v) is 4.07. The van der Waals surface area contributed by atoms with E-state index in [1.54, 1.807) is 24.4 Å². The molecule has 5 nitrogen and oxygen atoms in total. The zero-order valence-electron chi connectivity index (χ0n) is 9.97. The number of hydrogen-bond acceptors (Lipinski definition) is 4. The number of nitrogens with two attached hydrogens (primary N) is 1. The van der Waals surface area contributed by atoms with Crippen LogP contribution < -0.4 is 5.73 Å². The molecule has 0 aliphatic rings. The highest BCUT2D eigenvalue weighted by Crippen LogP contribution is 2.21. The fraction of sp³-hybridized carbons (Fsp3) is 0.231. The predicted molar refractivity (Wildman–Crippen MR) is 67.4 cm³/mol. The van der Waals surface area contributed by atoms with Crippen molar-refractivity contribution in [3.05, 3.63) is 35.5 Å². The van der Waals surface area contributed by atoms with Crippen molar-refractivity contribution in [1.29, 1.82) is 0 Å². The smallest absolute Gasteiger partial charge is 0.337 e. The highest BCUT2D eigenvalue weighted by atomic mass is 16.5. The lowest BCUT2D eigenvalue weighted by atomic mass is 10.0. The van der Waals surface area contributed by atoms with E-state index in [4.69, 9.17) is 5.73 Å². The Bertz CT molecular complexity index is 589. The zero-order chi connectivity index (χ0) is 13.1. The van der Waals surface area contributed by atoms with Crippen molar-refractivity contribution in [3.63, 3.8) is 0 Å². The van der Waals surface area contributed by atoms with E-state index in [2.05, 4.69) is 9.72 Å². The molecule has 1 heterocycles. The number of aromatic amines is 1. The Morgan fingerprint density at radius 3 is 3.00 bits per heavy atom. The summed E-state index contributed by atoms with van der Waals surface area (Å²) < 4.78 is 4.67. The summed E-state index contributed by atoms with van der Waals surface area (Å²) in [4.78, 5) is 25.1. The average Bonchev–Trinajstić information content (AvgIpc) is 2.80. The Hall–Kier alpha value is -2.14. The van der Waals surface area contributed by atoms with Gasteiger partial charge in [-0.3, -0.25) is 0 Å². The fourth-order valence-electron chi connectivity index (χ4n) is 1.89. The summed E-state index contributed by atoms with van der Waals surface area (Å²) in [6.45, 7) is 0. The van der Waals surface area contributed by atoms with Gasteiger partial charge >= 0.3 is 5.97 Å². The normalized spacial score (nSPS) is 12.3. The van der Waals surface area contributed by atoms with Gasteiger partial charge in [-0.25, -0.2) is 4.79 Å². The minimum Gasteiger partial charge on any atom is -0.465 e. The first kappa shape index (κ1) is 12.3. The summed E-state index contributed by atoms with van der Waals surface area (Å²) in [5, 5.41) is 0.884. The molecular weight excluding hydrogens is 232 g/mol. The number of H-pyrrole nitrogens is 1. The third kappa shape index (κ3) is 2.26. The number of carbonyl (C=O) groups is 2. The van der Waals surface area contributed by atoms with Gasteiger partial charge in [-0.2, -0.15) is 0 Å². The van der Waals surface area contributed by atoms with Crippen LogP contribution in [-0.4, -0.2) is 30.4 Å². The van der Waals surface area contributed by atoms with Crippen LogP contribution in [0.25, 0.3) is 10.9 Å². The molecule has 0 spiro atoms. The van der Waals surface area contributed by atoms with Crippen LogP contribution in [0.1, 0.15) is 15.9 Å². The number of esters is 1. The van der Waals surface area contributed by atoms with Crippen molar-refractivity contribution in [3.8, 4) is 0 Å². The highest BCUT2D eigenvalue weighted by Gasteiger charge is 2.11. The molecule has 0 bridgehead atoms. The molecule has 0 radical (unpaired) electrons. The van der Waals surface area contributed by atoms with Crippen molar-refractivity contribution >= 4 is 23.2 Å². The van der Waals surface area contributed by atoms with Crippen molar-refractivity contribution < 1.29 is 14.3 Å². The van der Waals surface area contributed by atoms with E-state index in [0.29, 0.717) is 18.3 Å². The number of carbonyl (C=O) groups excluding carboxylic acids is 2. The van der Waals surface area contributed by atoms with E-state index in [0.717, 1.165) is 16.5 Å². The molecule has 1 atom stereocenters. The van der Waals surface area contributed by atoms with Gasteiger partial charge in [-0.05, 0) is 30.2 Å². The highest BCUT2D eigenvalue weighted by molar-refractivity contribution is 5.95. The van der Waals surface area contributed by atoms with Gasteiger partial charge in [0.15, 0.2) is 0 Å². The summed E-state index contributed by atoms with van der Waals surface area (Å²) in [6.07, 6.45) is 2.95. The summed E-state index contributed by atoms with van der Waals surface area (Å²) in [7, 11) is 1.34. The molecule has 1 aromatic carbocycles. The van der Waals surface area contributed by atoms with Crippen LogP contribution in [0.2, 0.25) is 0 Å². The topological polar surface area (TPSA) is 85.2 Å². The number of benzene rings is 1. The number of methoxy groups -OCH3 is 1. The van der Waals surface area contributed by atoms with Crippen LogP contribution in [-0.2, 0) is 16.0 Å². The Morgan fingerprint density at radius 2 is 2.33 bits per heavy atom. The molecule has 1 unspecified atom stereocenters. The number of ether oxygens (including phenoxy) is 1. The van der Waals surface area contributed by atoms with Crippen LogP contribution in [0, 0.1) is 0 Å². The van der Waals surface area contributed by atoms with Gasteiger partial charge < -0.3 is 20.2 Å². The maximum Gasteiger partial charge on any atom is 0.337 e. The largest absolute Gasteiger partial charge is 0.465 e. The predicted octanol–water partition coefficient (Wildman–Crippen LogP) is 1.02. The van der Waals surface area contributed by atoms with Crippen LogP contribution in [0.5, 0.6) is 0 Å². The molecule has 0 aliphatic heterocycles. The van der Waals surface area contributed by atoms with Crippen LogP contribution in [0.4, 0.5) is 0 Å². The van der Waals surface area contributed by atoms with E-state index < -0.39 is 6.04 Å². The molecule has 2 rings (SSSR count). The molecule has 18 heavy (non-hydrogen) atoms. The summed E-state index contributed by atoms with van der Waals surface area (Å²) >= 11 is 0. The lowest BCUT2D eigenvalue weighted by Crippen LogP contribution is -2.23. The zero-order valence-corrected chi connectivity index (χ0v) is 9.97. The molecule has 0 aliphatic carbocycles. The Kier molecular flexibility index (Phi) is 3.43. The third-order valence-corrected chi connectivity index (χ3v) is 2.82. The molecule has 0 fully saturated rings. The van der Waals surface area contributed by atoms with E-state index >= 15 is 0 Å². The number of aromatic nitrogens is 1. The molecule has 94 valence electrons. The lowest BCUT2D eigenvalue weighted by Gasteiger charge is -2.03. The molecule has 0 saturated carbocycles. The molecule has 0 saturated heterocycles. The van der Waals surface area contributed by atoms with Gasteiger partial charge in [-0.1, -0.05) is 0 Å². The van der Waals surface area contributed by atoms with Gasteiger partial charge in [0.2, 0.25) is 0 Å². The monoisotopic (exact) mass is 246 g/mol. The van der Waals surface area contributed by atoms with Gasteiger partial charge in [0.05, 0.1) is 18.7 Å². The van der Waals surface area contributed by atoms with Crippen molar-refractivity contribution in [2.45, 2.75) is 12.5 Å². The van der Waals surface area contributed by atoms with Crippen molar-refractivity contribution in [2.75, 3.05) is 7.11 Å². The SMILES string of the molecule is COC(=O)c1ccc2[nH]cc(CC(N)C=O)c2c1. The van der Waals surface area contributed by atoms with Gasteiger partial charge in [0, 0.05) is 17.1 Å². The Morgan fingerprint density at radius 1 is 1.56 bits per heavy atom. The number of nitrogens with one attached hydrogen (secondary N) is 1. The second-order valence-electron chi connectivity index (χ2n) is 4.07. The van der Waals surface area contributed by atoms with E-state index in [1.165, 1.54) is 7.11 Å². The first-order valence-corrected chi connectivity index (χ1v) is 5.55. The quantitative estimate of drug-likeness (QED) is 0.623. The first-order valence-electron chi connectivity index (χ1n) is 5.55. The maximum atomic E-state index is 11.5. The first-order chi connectivity index (χ1) is 8.65. The van der Waals surface area contributed by atoms with E-state index in [1.807, 2.05) is 0 Å². The lowest BCUT2D eigenvalue weighted by molar-refractivity contribution is -0.108. The van der Waals surface area contributed by atoms with Gasteiger partial charge in [0.25, 0.3) is 0 Å². The van der Waals surface area contributed by atoms with E-state index in [9.17, 15) is 9.59 Å². The van der Waals surface area contributed by atoms with Crippen LogP contribution >= 0.6 is 0 Å². The van der Waals surface area contributed by atoms with Crippen LogP contribution in [0.3, 0.4) is 0 Å². The maximum absolute atomic E-state index is 11.5. The number of aldehydes is 1. The number of rotatable bonds is 4. The summed E-state index contributed by atoms with van der Waals surface area (Å²) in [5.41, 5.74) is 7.89. The third-order valence-electron chi connectivity index (χ3n) is 2.82. The summed E-state index contributed by atoms with van der Waals surface area (Å²) in [6, 6.07) is 4.70. The molecule has 5 heteroatoms. The molecule has 0 amide bonds. The van der Waals surface area contributed by atoms with Crippen molar-refractivity contribution in [2.24, 2.45) is 5.73 Å². The fourth-order valence-corrected chi connectivity index (χ4v) is 1.89. The standard InChI is InChI=1S/C13H14N2O3/c1-18-13(17)8-2-3-12-11(5-8)9(6-15-12)4-10(14)7-16/h2-3,5-7,10,15H,4,14H2,1H3. The molecule has 2 aromatic rings. The van der Waals surface area contributed by atoms with Crippen LogP contribution in [0.15, 0.2) is 24.4 Å². The minimum absolute atomic E-state index is 0.385. The second kappa shape index (κ2) is 5.01. The Labute approximate surface area is 104 Å². The van der Waals surface area contributed by atoms with Gasteiger partial charge in [-0.15, -0.1) is 0 Å². The number of fused-ring (bicyclic) bond motifs is 1. The minimum atomic E-state index is -0.536. The molecule has 3 N–H and O–H groups in total. The van der Waals surface area contributed by atoms with E-state index in [-0.39, 0.29) is 5.97 Å².